The molecule has 2 N–H and O–H groups in total. The molecule has 0 fully saturated rings. The molecular formula is C12H20N2O2. The first-order valence-electron chi connectivity index (χ1n) is 5.53. The van der Waals surface area contributed by atoms with Gasteiger partial charge in [-0.1, -0.05) is 0 Å². The van der Waals surface area contributed by atoms with Crippen molar-refractivity contribution in [1.29, 1.82) is 0 Å². The van der Waals surface area contributed by atoms with Crippen LogP contribution >= 0.6 is 0 Å². The predicted molar refractivity (Wildman–Crippen MR) is 63.4 cm³/mol. The van der Waals surface area contributed by atoms with E-state index in [-0.39, 0.29) is 12.1 Å². The van der Waals surface area contributed by atoms with Crippen LogP contribution in [0.2, 0.25) is 0 Å². The SMILES string of the molecule is CCOc1cncc(C(N)CC(C)OC)c1. The van der Waals surface area contributed by atoms with Gasteiger partial charge in [0.05, 0.1) is 18.9 Å². The van der Waals surface area contributed by atoms with Crippen molar-refractivity contribution >= 4 is 0 Å². The third-order valence-corrected chi connectivity index (χ3v) is 2.46. The Morgan fingerprint density at radius 3 is 2.81 bits per heavy atom. The molecule has 0 aliphatic carbocycles. The van der Waals surface area contributed by atoms with Gasteiger partial charge >= 0.3 is 0 Å². The molecule has 0 aromatic carbocycles. The van der Waals surface area contributed by atoms with E-state index in [1.54, 1.807) is 19.5 Å². The molecule has 0 bridgehead atoms. The molecule has 16 heavy (non-hydrogen) atoms. The number of nitrogens with zero attached hydrogens (tertiary/aromatic N) is 1. The maximum absolute atomic E-state index is 6.06. The Morgan fingerprint density at radius 1 is 1.44 bits per heavy atom. The van der Waals surface area contributed by atoms with Gasteiger partial charge in [0.15, 0.2) is 0 Å². The van der Waals surface area contributed by atoms with Crippen LogP contribution in [0.5, 0.6) is 5.75 Å². The molecule has 2 unspecified atom stereocenters. The Kier molecular flexibility index (Phi) is 5.22. The molecule has 0 saturated carbocycles. The largest absolute Gasteiger partial charge is 0.492 e. The molecule has 0 spiro atoms. The summed E-state index contributed by atoms with van der Waals surface area (Å²) in [5.74, 6) is 0.764. The average Bonchev–Trinajstić information content (AvgIpc) is 2.29. The molecule has 0 aliphatic rings. The lowest BCUT2D eigenvalue weighted by atomic mass is 10.0. The van der Waals surface area contributed by atoms with Crippen molar-refractivity contribution in [2.24, 2.45) is 5.73 Å². The fourth-order valence-corrected chi connectivity index (χ4v) is 1.47. The summed E-state index contributed by atoms with van der Waals surface area (Å²) in [7, 11) is 1.69. The van der Waals surface area contributed by atoms with Crippen molar-refractivity contribution < 1.29 is 9.47 Å². The Bertz CT molecular complexity index is 318. The molecule has 0 radical (unpaired) electrons. The average molecular weight is 224 g/mol. The van der Waals surface area contributed by atoms with Crippen molar-refractivity contribution in [2.45, 2.75) is 32.4 Å². The van der Waals surface area contributed by atoms with Crippen LogP contribution in [0.4, 0.5) is 0 Å². The summed E-state index contributed by atoms with van der Waals surface area (Å²) in [6.07, 6.45) is 4.38. The normalized spacial score (nSPS) is 14.5. The highest BCUT2D eigenvalue weighted by molar-refractivity contribution is 5.25. The van der Waals surface area contributed by atoms with E-state index in [4.69, 9.17) is 15.2 Å². The molecule has 90 valence electrons. The zero-order valence-corrected chi connectivity index (χ0v) is 10.1. The fraction of sp³-hybridized carbons (Fsp3) is 0.583. The summed E-state index contributed by atoms with van der Waals surface area (Å²) in [6, 6.07) is 1.87. The van der Waals surface area contributed by atoms with Gasteiger partial charge in [0.2, 0.25) is 0 Å². The van der Waals surface area contributed by atoms with Gasteiger partial charge in [-0.05, 0) is 31.9 Å². The third-order valence-electron chi connectivity index (χ3n) is 2.46. The van der Waals surface area contributed by atoms with Crippen LogP contribution in [0, 0.1) is 0 Å². The maximum atomic E-state index is 6.06. The molecule has 1 aromatic heterocycles. The first-order chi connectivity index (χ1) is 7.67. The summed E-state index contributed by atoms with van der Waals surface area (Å²) in [5, 5.41) is 0. The summed E-state index contributed by atoms with van der Waals surface area (Å²) < 4.78 is 10.6. The quantitative estimate of drug-likeness (QED) is 0.802. The number of hydrogen-bond acceptors (Lipinski definition) is 4. The van der Waals surface area contributed by atoms with E-state index in [0.717, 1.165) is 17.7 Å². The van der Waals surface area contributed by atoms with Gasteiger partial charge in [0.1, 0.15) is 5.75 Å². The van der Waals surface area contributed by atoms with E-state index in [0.29, 0.717) is 6.61 Å². The standard InChI is InChI=1S/C12H20N2O2/c1-4-16-11-6-10(7-14-8-11)12(13)5-9(2)15-3/h6-9,12H,4-5,13H2,1-3H3. The van der Waals surface area contributed by atoms with E-state index in [9.17, 15) is 0 Å². The minimum absolute atomic E-state index is 0.0668. The molecule has 4 heteroatoms. The van der Waals surface area contributed by atoms with Gasteiger partial charge in [-0.15, -0.1) is 0 Å². The van der Waals surface area contributed by atoms with Crippen LogP contribution in [0.1, 0.15) is 31.9 Å². The molecule has 1 rings (SSSR count). The lowest BCUT2D eigenvalue weighted by molar-refractivity contribution is 0.104. The zero-order chi connectivity index (χ0) is 12.0. The highest BCUT2D eigenvalue weighted by Gasteiger charge is 2.11. The second kappa shape index (κ2) is 6.45. The van der Waals surface area contributed by atoms with E-state index >= 15 is 0 Å². The van der Waals surface area contributed by atoms with Gasteiger partial charge in [-0.3, -0.25) is 4.98 Å². The smallest absolute Gasteiger partial charge is 0.137 e. The van der Waals surface area contributed by atoms with Crippen LogP contribution in [0.3, 0.4) is 0 Å². The first kappa shape index (κ1) is 12.9. The molecular weight excluding hydrogens is 204 g/mol. The van der Waals surface area contributed by atoms with Gasteiger partial charge < -0.3 is 15.2 Å². The van der Waals surface area contributed by atoms with Crippen molar-refractivity contribution in [3.05, 3.63) is 24.0 Å². The van der Waals surface area contributed by atoms with Crippen LogP contribution in [0.15, 0.2) is 18.5 Å². The molecule has 0 amide bonds. The van der Waals surface area contributed by atoms with Crippen molar-refractivity contribution in [3.8, 4) is 5.75 Å². The second-order valence-corrected chi connectivity index (χ2v) is 3.78. The van der Waals surface area contributed by atoms with Gasteiger partial charge in [0.25, 0.3) is 0 Å². The van der Waals surface area contributed by atoms with Gasteiger partial charge in [-0.2, -0.15) is 0 Å². The number of ether oxygens (including phenoxy) is 2. The highest BCUT2D eigenvalue weighted by atomic mass is 16.5. The number of methoxy groups -OCH3 is 1. The Hall–Kier alpha value is -1.13. The van der Waals surface area contributed by atoms with Gasteiger partial charge in [0, 0.05) is 19.3 Å². The summed E-state index contributed by atoms with van der Waals surface area (Å²) in [4.78, 5) is 4.11. The summed E-state index contributed by atoms with van der Waals surface area (Å²) in [6.45, 7) is 4.58. The first-order valence-corrected chi connectivity index (χ1v) is 5.53. The van der Waals surface area contributed by atoms with E-state index in [2.05, 4.69) is 4.98 Å². The lowest BCUT2D eigenvalue weighted by Gasteiger charge is -2.16. The molecule has 1 heterocycles. The number of rotatable bonds is 6. The molecule has 4 nitrogen and oxygen atoms in total. The Balaban J connectivity index is 2.67. The number of pyridine rings is 1. The third kappa shape index (κ3) is 3.79. The minimum atomic E-state index is -0.0668. The van der Waals surface area contributed by atoms with Crippen LogP contribution < -0.4 is 10.5 Å². The molecule has 0 aliphatic heterocycles. The van der Waals surface area contributed by atoms with Crippen LogP contribution in [0.25, 0.3) is 0 Å². The monoisotopic (exact) mass is 224 g/mol. The van der Waals surface area contributed by atoms with Crippen molar-refractivity contribution in [2.75, 3.05) is 13.7 Å². The lowest BCUT2D eigenvalue weighted by Crippen LogP contribution is -2.18. The highest BCUT2D eigenvalue weighted by Crippen LogP contribution is 2.20. The Labute approximate surface area is 96.8 Å². The molecule has 2 atom stereocenters. The van der Waals surface area contributed by atoms with E-state index < -0.39 is 0 Å². The molecule has 0 saturated heterocycles. The number of aromatic nitrogens is 1. The zero-order valence-electron chi connectivity index (χ0n) is 10.1. The minimum Gasteiger partial charge on any atom is -0.492 e. The van der Waals surface area contributed by atoms with E-state index in [1.807, 2.05) is 19.9 Å². The van der Waals surface area contributed by atoms with Crippen molar-refractivity contribution in [3.63, 3.8) is 0 Å². The fourth-order valence-electron chi connectivity index (χ4n) is 1.47. The number of nitrogens with two attached hydrogens (primary N) is 1. The van der Waals surface area contributed by atoms with Crippen molar-refractivity contribution in [1.82, 2.24) is 4.98 Å². The second-order valence-electron chi connectivity index (χ2n) is 3.78. The summed E-state index contributed by atoms with van der Waals surface area (Å²) >= 11 is 0. The Morgan fingerprint density at radius 2 is 2.19 bits per heavy atom. The van der Waals surface area contributed by atoms with Crippen LogP contribution in [-0.2, 0) is 4.74 Å². The van der Waals surface area contributed by atoms with E-state index in [1.165, 1.54) is 0 Å². The molecule has 1 aromatic rings. The van der Waals surface area contributed by atoms with Gasteiger partial charge in [-0.25, -0.2) is 0 Å². The van der Waals surface area contributed by atoms with Crippen LogP contribution in [-0.4, -0.2) is 24.8 Å². The number of hydrogen-bond donors (Lipinski definition) is 1. The maximum Gasteiger partial charge on any atom is 0.137 e. The summed E-state index contributed by atoms with van der Waals surface area (Å²) in [5.41, 5.74) is 7.04. The predicted octanol–water partition coefficient (Wildman–Crippen LogP) is 1.91. The topological polar surface area (TPSA) is 57.4 Å².